The van der Waals surface area contributed by atoms with Gasteiger partial charge < -0.3 is 25.0 Å². The molecule has 7 rings (SSSR count). The first-order valence-electron chi connectivity index (χ1n) is 15.5. The third kappa shape index (κ3) is 7.29. The molecule has 6 aromatic rings. The van der Waals surface area contributed by atoms with Crippen LogP contribution in [0, 0.1) is 5.82 Å². The Kier molecular flexibility index (Phi) is 9.55. The summed E-state index contributed by atoms with van der Waals surface area (Å²) in [5.74, 6) is -2.42. The lowest BCUT2D eigenvalue weighted by Gasteiger charge is -2.31. The lowest BCUT2D eigenvalue weighted by Crippen LogP contribution is -2.32. The van der Waals surface area contributed by atoms with E-state index in [0.29, 0.717) is 11.3 Å². The SMILES string of the molecule is COC(=O)c1oc2nc(-c3ccc(CN4CCC(c5nc6ccc(F)cc6[nH]5)CC4)cc3)c(-c3ccccc3)cc2c1N.O=C(O)C(F)(F)F. The largest absolute Gasteiger partial charge is 0.490 e. The van der Waals surface area contributed by atoms with Crippen molar-refractivity contribution in [3.63, 3.8) is 0 Å². The van der Waals surface area contributed by atoms with Gasteiger partial charge in [-0.25, -0.2) is 23.9 Å². The molecule has 4 heterocycles. The summed E-state index contributed by atoms with van der Waals surface area (Å²) in [5, 5.41) is 7.69. The molecule has 0 amide bonds. The van der Waals surface area contributed by atoms with Crippen LogP contribution in [0.1, 0.15) is 40.7 Å². The van der Waals surface area contributed by atoms with Gasteiger partial charge in [0.1, 0.15) is 11.6 Å². The van der Waals surface area contributed by atoms with E-state index in [1.807, 2.05) is 36.4 Å². The number of benzene rings is 3. The Balaban J connectivity index is 0.000000561. The van der Waals surface area contributed by atoms with Gasteiger partial charge in [0.2, 0.25) is 11.5 Å². The van der Waals surface area contributed by atoms with Gasteiger partial charge in [0.25, 0.3) is 0 Å². The van der Waals surface area contributed by atoms with E-state index in [2.05, 4.69) is 34.1 Å². The van der Waals surface area contributed by atoms with Crippen LogP contribution in [0.25, 0.3) is 44.5 Å². The normalized spacial score (nSPS) is 14.0. The third-order valence-electron chi connectivity index (χ3n) is 8.49. The Morgan fingerprint density at radius 3 is 2.32 bits per heavy atom. The van der Waals surface area contributed by atoms with Crippen molar-refractivity contribution in [3.8, 4) is 22.4 Å². The number of carbonyl (C=O) groups is 2. The first-order valence-corrected chi connectivity index (χ1v) is 15.5. The average molecular weight is 690 g/mol. The summed E-state index contributed by atoms with van der Waals surface area (Å²) >= 11 is 0. The van der Waals surface area contributed by atoms with Gasteiger partial charge >= 0.3 is 18.1 Å². The molecule has 0 atom stereocenters. The number of esters is 1. The third-order valence-corrected chi connectivity index (χ3v) is 8.49. The van der Waals surface area contributed by atoms with E-state index in [-0.39, 0.29) is 23.0 Å². The second kappa shape index (κ2) is 14.0. The number of H-pyrrole nitrogens is 1. The minimum atomic E-state index is -5.08. The van der Waals surface area contributed by atoms with Gasteiger partial charge in [-0.05, 0) is 61.3 Å². The summed E-state index contributed by atoms with van der Waals surface area (Å²) in [6.07, 6.45) is -3.10. The minimum absolute atomic E-state index is 0.0468. The molecule has 50 heavy (non-hydrogen) atoms. The molecule has 14 heteroatoms. The number of nitrogens with one attached hydrogen (secondary N) is 1. The number of ether oxygens (including phenoxy) is 1. The summed E-state index contributed by atoms with van der Waals surface area (Å²) in [5.41, 5.74) is 13.1. The summed E-state index contributed by atoms with van der Waals surface area (Å²) < 4.78 is 55.9. The number of fused-ring (bicyclic) bond motifs is 2. The Morgan fingerprint density at radius 1 is 1.00 bits per heavy atom. The van der Waals surface area contributed by atoms with Crippen molar-refractivity contribution in [2.75, 3.05) is 25.9 Å². The maximum absolute atomic E-state index is 13.6. The Morgan fingerprint density at radius 2 is 1.68 bits per heavy atom. The number of aromatic amines is 1. The minimum Gasteiger partial charge on any atom is -0.475 e. The molecule has 0 spiro atoms. The van der Waals surface area contributed by atoms with Crippen LogP contribution in [-0.4, -0.2) is 63.3 Å². The van der Waals surface area contributed by atoms with E-state index in [0.717, 1.165) is 71.7 Å². The molecule has 258 valence electrons. The second-order valence-corrected chi connectivity index (χ2v) is 11.8. The van der Waals surface area contributed by atoms with Crippen LogP contribution in [0.3, 0.4) is 0 Å². The van der Waals surface area contributed by atoms with Crippen LogP contribution in [0.15, 0.2) is 83.3 Å². The maximum Gasteiger partial charge on any atom is 0.490 e. The number of aromatic nitrogens is 3. The highest BCUT2D eigenvalue weighted by Gasteiger charge is 2.38. The van der Waals surface area contributed by atoms with Crippen molar-refractivity contribution in [1.29, 1.82) is 0 Å². The molecule has 3 aromatic carbocycles. The predicted octanol–water partition coefficient (Wildman–Crippen LogP) is 7.56. The number of furan rings is 1. The molecule has 10 nitrogen and oxygen atoms in total. The van der Waals surface area contributed by atoms with Crippen molar-refractivity contribution >= 4 is 39.8 Å². The number of alkyl halides is 3. The topological polar surface area (TPSA) is 148 Å². The van der Waals surface area contributed by atoms with Gasteiger partial charge in [-0.3, -0.25) is 4.90 Å². The van der Waals surface area contributed by atoms with Crippen LogP contribution >= 0.6 is 0 Å². The lowest BCUT2D eigenvalue weighted by molar-refractivity contribution is -0.192. The van der Waals surface area contributed by atoms with Crippen LogP contribution < -0.4 is 5.73 Å². The highest BCUT2D eigenvalue weighted by Crippen LogP contribution is 2.38. The highest BCUT2D eigenvalue weighted by molar-refractivity contribution is 6.04. The summed E-state index contributed by atoms with van der Waals surface area (Å²) in [7, 11) is 1.29. The molecular weight excluding hydrogens is 658 g/mol. The fraction of sp³-hybridized carbons (Fsp3) is 0.222. The molecule has 0 unspecified atom stereocenters. The van der Waals surface area contributed by atoms with E-state index in [1.54, 1.807) is 6.07 Å². The Bertz CT molecular complexity index is 2160. The maximum atomic E-state index is 13.6. The smallest absolute Gasteiger partial charge is 0.475 e. The zero-order valence-corrected chi connectivity index (χ0v) is 26.6. The van der Waals surface area contributed by atoms with Crippen LogP contribution in [0.2, 0.25) is 0 Å². The monoisotopic (exact) mass is 689 g/mol. The van der Waals surface area contributed by atoms with Crippen molar-refractivity contribution in [2.45, 2.75) is 31.5 Å². The predicted molar refractivity (Wildman–Crippen MR) is 178 cm³/mol. The van der Waals surface area contributed by atoms with Gasteiger partial charge in [0.15, 0.2) is 0 Å². The summed E-state index contributed by atoms with van der Waals surface area (Å²) in [6, 6.07) is 25.0. The molecule has 1 saturated heterocycles. The van der Waals surface area contributed by atoms with Gasteiger partial charge in [0, 0.05) is 23.6 Å². The number of carboxylic acids is 1. The van der Waals surface area contributed by atoms with Crippen LogP contribution in [0.4, 0.5) is 23.2 Å². The number of aliphatic carboxylic acids is 1. The van der Waals surface area contributed by atoms with Gasteiger partial charge in [0.05, 0.1) is 34.9 Å². The van der Waals surface area contributed by atoms with Crippen molar-refractivity contribution in [1.82, 2.24) is 19.9 Å². The number of rotatable bonds is 6. The number of nitrogens with two attached hydrogens (primary N) is 1. The van der Waals surface area contributed by atoms with E-state index in [9.17, 15) is 22.4 Å². The standard InChI is InChI=1S/C34H30FN5O3.C2HF3O2/c1-42-34(41)31-29(36)26-18-25(21-5-3-2-4-6-21)30(39-33(26)43-31)22-9-7-20(8-10-22)19-40-15-13-23(14-16-40)32-37-27-12-11-24(35)17-28(27)38-32;3-2(4,5)1(6)7/h2-12,17-18,23H,13-16,19,36H2,1H3,(H,37,38);(H,6,7). The second-order valence-electron chi connectivity index (χ2n) is 11.8. The molecular formula is C36H31F4N5O5. The molecule has 0 radical (unpaired) electrons. The number of anilines is 1. The van der Waals surface area contributed by atoms with Gasteiger partial charge in [-0.1, -0.05) is 54.6 Å². The van der Waals surface area contributed by atoms with Gasteiger partial charge in [-0.15, -0.1) is 0 Å². The van der Waals surface area contributed by atoms with Crippen molar-refractivity contribution in [3.05, 3.63) is 102 Å². The van der Waals surface area contributed by atoms with Crippen molar-refractivity contribution in [2.24, 2.45) is 0 Å². The van der Waals surface area contributed by atoms with E-state index < -0.39 is 18.1 Å². The number of hydrogen-bond donors (Lipinski definition) is 3. The average Bonchev–Trinajstić information content (AvgIpc) is 3.68. The fourth-order valence-electron chi connectivity index (χ4n) is 5.93. The van der Waals surface area contributed by atoms with Crippen molar-refractivity contribution < 1.29 is 41.4 Å². The molecule has 4 N–H and O–H groups in total. The quantitative estimate of drug-likeness (QED) is 0.119. The molecule has 0 bridgehead atoms. The summed E-state index contributed by atoms with van der Waals surface area (Å²) in [4.78, 5) is 36.4. The number of imidazole rings is 1. The number of likely N-dealkylation sites (tertiary alicyclic amines) is 1. The highest BCUT2D eigenvalue weighted by atomic mass is 19.4. The molecule has 0 saturated carbocycles. The first kappa shape index (κ1) is 34.1. The number of hydrogen-bond acceptors (Lipinski definition) is 8. The molecule has 1 aliphatic heterocycles. The lowest BCUT2D eigenvalue weighted by atomic mass is 9.95. The van der Waals surface area contributed by atoms with Crippen LogP contribution in [0.5, 0.6) is 0 Å². The molecule has 0 aliphatic carbocycles. The van der Waals surface area contributed by atoms with E-state index >= 15 is 0 Å². The molecule has 3 aromatic heterocycles. The van der Waals surface area contributed by atoms with E-state index in [4.69, 9.17) is 34.8 Å². The number of piperidine rings is 1. The molecule has 1 fully saturated rings. The number of halogens is 4. The first-order chi connectivity index (χ1) is 23.9. The zero-order valence-electron chi connectivity index (χ0n) is 26.6. The zero-order chi connectivity index (χ0) is 35.6. The number of carbonyl (C=O) groups excluding carboxylic acids is 1. The number of carboxylic acid groups (broad SMARTS) is 1. The Labute approximate surface area is 282 Å². The Hall–Kier alpha value is -5.76. The summed E-state index contributed by atoms with van der Waals surface area (Å²) in [6.45, 7) is 2.75. The number of nitrogens with zero attached hydrogens (tertiary/aromatic N) is 3. The number of nitrogen functional groups attached to an aromatic ring is 1. The molecule has 1 aliphatic rings. The fourth-order valence-corrected chi connectivity index (χ4v) is 5.93. The van der Waals surface area contributed by atoms with Crippen LogP contribution in [-0.2, 0) is 16.1 Å². The van der Waals surface area contributed by atoms with E-state index in [1.165, 1.54) is 24.8 Å². The number of pyridine rings is 1. The van der Waals surface area contributed by atoms with Gasteiger partial charge in [-0.2, -0.15) is 13.2 Å². The number of methoxy groups -OCH3 is 1.